The molecule has 7 heteroatoms. The number of amides is 3. The Kier molecular flexibility index (Phi) is 6.11. The summed E-state index contributed by atoms with van der Waals surface area (Å²) in [6.07, 6.45) is 6.77. The highest BCUT2D eigenvalue weighted by Gasteiger charge is 2.44. The van der Waals surface area contributed by atoms with Gasteiger partial charge in [0.2, 0.25) is 5.91 Å². The van der Waals surface area contributed by atoms with Gasteiger partial charge < -0.3 is 25.0 Å². The van der Waals surface area contributed by atoms with Gasteiger partial charge in [0.15, 0.2) is 11.5 Å². The minimum Gasteiger partial charge on any atom is -0.448 e. The van der Waals surface area contributed by atoms with Crippen LogP contribution >= 0.6 is 0 Å². The molecule has 3 amide bonds. The summed E-state index contributed by atoms with van der Waals surface area (Å²) in [5.74, 6) is 1.02. The van der Waals surface area contributed by atoms with Gasteiger partial charge in [0.25, 0.3) is 5.79 Å². The first-order chi connectivity index (χ1) is 16.1. The lowest BCUT2D eigenvalue weighted by Crippen LogP contribution is -2.47. The van der Waals surface area contributed by atoms with Crippen molar-refractivity contribution in [2.45, 2.75) is 63.2 Å². The Morgan fingerprint density at radius 2 is 1.70 bits per heavy atom. The summed E-state index contributed by atoms with van der Waals surface area (Å²) in [7, 11) is 0. The molecule has 2 N–H and O–H groups in total. The van der Waals surface area contributed by atoms with Gasteiger partial charge in [0, 0.05) is 50.1 Å². The van der Waals surface area contributed by atoms with Crippen molar-refractivity contribution in [2.75, 3.05) is 18.4 Å². The van der Waals surface area contributed by atoms with Gasteiger partial charge in [-0.05, 0) is 49.8 Å². The molecule has 2 fully saturated rings. The van der Waals surface area contributed by atoms with Gasteiger partial charge >= 0.3 is 6.03 Å². The van der Waals surface area contributed by atoms with Crippen molar-refractivity contribution in [3.63, 3.8) is 0 Å². The van der Waals surface area contributed by atoms with Crippen molar-refractivity contribution in [3.8, 4) is 11.5 Å². The first-order valence-corrected chi connectivity index (χ1v) is 12.0. The smallest absolute Gasteiger partial charge is 0.321 e. The highest BCUT2D eigenvalue weighted by molar-refractivity contribution is 5.90. The number of likely N-dealkylation sites (tertiary alicyclic amines) is 1. The number of carbonyl (C=O) groups excluding carboxylic acids is 2. The van der Waals surface area contributed by atoms with Crippen molar-refractivity contribution >= 4 is 17.6 Å². The second-order valence-electron chi connectivity index (χ2n) is 9.23. The van der Waals surface area contributed by atoms with Crippen LogP contribution in [0.5, 0.6) is 11.5 Å². The van der Waals surface area contributed by atoms with Crippen molar-refractivity contribution in [2.24, 2.45) is 0 Å². The molecule has 0 aromatic heterocycles. The minimum absolute atomic E-state index is 0.0714. The second-order valence-corrected chi connectivity index (χ2v) is 9.23. The first kappa shape index (κ1) is 21.6. The molecular formula is C26H31N3O4. The van der Waals surface area contributed by atoms with Crippen LogP contribution in [0, 0.1) is 0 Å². The second kappa shape index (κ2) is 9.33. The standard InChI is InChI=1S/C26H31N3O4/c30-24(11-8-19-6-2-1-3-7-19)27-20-12-16-29(17-13-20)25(31)28-21-9-10-22-23(18-21)33-26(32-22)14-4-5-15-26/h1-3,6-7,9-10,18,20H,4-5,8,11-17H2,(H,27,30)(H,28,31). The summed E-state index contributed by atoms with van der Waals surface area (Å²) in [4.78, 5) is 26.9. The van der Waals surface area contributed by atoms with Crippen LogP contribution in [0.3, 0.4) is 0 Å². The Bertz CT molecular complexity index is 996. The molecule has 1 aliphatic carbocycles. The number of rotatable bonds is 5. The average Bonchev–Trinajstić information content (AvgIpc) is 3.44. The summed E-state index contributed by atoms with van der Waals surface area (Å²) in [5, 5.41) is 6.10. The topological polar surface area (TPSA) is 79.9 Å². The van der Waals surface area contributed by atoms with Crippen LogP contribution < -0.4 is 20.1 Å². The number of nitrogens with zero attached hydrogens (tertiary/aromatic N) is 1. The summed E-state index contributed by atoms with van der Waals surface area (Å²) in [6, 6.07) is 15.6. The largest absolute Gasteiger partial charge is 0.448 e. The molecule has 0 radical (unpaired) electrons. The fourth-order valence-electron chi connectivity index (χ4n) is 4.92. The molecule has 1 saturated carbocycles. The lowest BCUT2D eigenvalue weighted by Gasteiger charge is -2.32. The maximum absolute atomic E-state index is 12.8. The lowest BCUT2D eigenvalue weighted by atomic mass is 10.0. The van der Waals surface area contributed by atoms with E-state index in [0.717, 1.165) is 50.7 Å². The number of aryl methyl sites for hydroxylation is 1. The van der Waals surface area contributed by atoms with E-state index < -0.39 is 5.79 Å². The molecule has 3 aliphatic rings. The molecule has 5 rings (SSSR count). The third-order valence-electron chi connectivity index (χ3n) is 6.78. The van der Waals surface area contributed by atoms with E-state index in [1.54, 1.807) is 4.90 Å². The van der Waals surface area contributed by atoms with E-state index in [-0.39, 0.29) is 18.0 Å². The Hall–Kier alpha value is -3.22. The van der Waals surface area contributed by atoms with Crippen molar-refractivity contribution in [1.29, 1.82) is 0 Å². The van der Waals surface area contributed by atoms with Gasteiger partial charge in [-0.15, -0.1) is 0 Å². The Labute approximate surface area is 194 Å². The third-order valence-corrected chi connectivity index (χ3v) is 6.78. The van der Waals surface area contributed by atoms with Crippen LogP contribution in [0.25, 0.3) is 0 Å². The molecule has 174 valence electrons. The van der Waals surface area contributed by atoms with Crippen LogP contribution in [-0.4, -0.2) is 41.8 Å². The van der Waals surface area contributed by atoms with Crippen molar-refractivity contribution in [3.05, 3.63) is 54.1 Å². The van der Waals surface area contributed by atoms with Gasteiger partial charge in [-0.2, -0.15) is 0 Å². The van der Waals surface area contributed by atoms with E-state index in [1.165, 1.54) is 5.56 Å². The maximum atomic E-state index is 12.8. The molecule has 2 aromatic carbocycles. The molecule has 0 atom stereocenters. The number of hydrogen-bond donors (Lipinski definition) is 2. The number of benzene rings is 2. The Morgan fingerprint density at radius 3 is 2.45 bits per heavy atom. The van der Waals surface area contributed by atoms with E-state index in [9.17, 15) is 9.59 Å². The summed E-state index contributed by atoms with van der Waals surface area (Å²) >= 11 is 0. The highest BCUT2D eigenvalue weighted by atomic mass is 16.7. The normalized spacial score (nSPS) is 19.0. The fourth-order valence-corrected chi connectivity index (χ4v) is 4.92. The lowest BCUT2D eigenvalue weighted by molar-refractivity contribution is -0.122. The SMILES string of the molecule is O=C(CCc1ccccc1)NC1CCN(C(=O)Nc2ccc3c(c2)OC2(CCCC2)O3)CC1. The number of hydrogen-bond acceptors (Lipinski definition) is 4. The summed E-state index contributed by atoms with van der Waals surface area (Å²) in [6.45, 7) is 1.23. The Morgan fingerprint density at radius 1 is 0.970 bits per heavy atom. The van der Waals surface area contributed by atoms with E-state index in [0.29, 0.717) is 30.9 Å². The monoisotopic (exact) mass is 449 g/mol. The minimum atomic E-state index is -0.502. The van der Waals surface area contributed by atoms with Crippen LogP contribution in [0.1, 0.15) is 50.5 Å². The average molecular weight is 450 g/mol. The van der Waals surface area contributed by atoms with Crippen molar-refractivity contribution < 1.29 is 19.1 Å². The highest BCUT2D eigenvalue weighted by Crippen LogP contribution is 2.47. The van der Waals surface area contributed by atoms with E-state index in [2.05, 4.69) is 10.6 Å². The quantitative estimate of drug-likeness (QED) is 0.706. The molecular weight excluding hydrogens is 418 g/mol. The van der Waals surface area contributed by atoms with E-state index in [4.69, 9.17) is 9.47 Å². The van der Waals surface area contributed by atoms with Crippen LogP contribution in [0.15, 0.2) is 48.5 Å². The molecule has 1 spiro atoms. The number of fused-ring (bicyclic) bond motifs is 1. The zero-order chi connectivity index (χ0) is 22.7. The van der Waals surface area contributed by atoms with Crippen LogP contribution in [-0.2, 0) is 11.2 Å². The van der Waals surface area contributed by atoms with Crippen LogP contribution in [0.4, 0.5) is 10.5 Å². The number of urea groups is 1. The molecule has 33 heavy (non-hydrogen) atoms. The van der Waals surface area contributed by atoms with E-state index >= 15 is 0 Å². The van der Waals surface area contributed by atoms with E-state index in [1.807, 2.05) is 48.5 Å². The van der Waals surface area contributed by atoms with Gasteiger partial charge in [0.1, 0.15) is 0 Å². The number of anilines is 1. The van der Waals surface area contributed by atoms with Crippen molar-refractivity contribution in [1.82, 2.24) is 10.2 Å². The predicted molar refractivity (Wildman–Crippen MR) is 125 cm³/mol. The molecule has 7 nitrogen and oxygen atoms in total. The molecule has 2 aliphatic heterocycles. The molecule has 2 heterocycles. The number of piperidine rings is 1. The van der Waals surface area contributed by atoms with Gasteiger partial charge in [-0.25, -0.2) is 4.79 Å². The maximum Gasteiger partial charge on any atom is 0.321 e. The predicted octanol–water partition coefficient (Wildman–Crippen LogP) is 4.47. The fraction of sp³-hybridized carbons (Fsp3) is 0.462. The molecule has 0 unspecified atom stereocenters. The summed E-state index contributed by atoms with van der Waals surface area (Å²) in [5.41, 5.74) is 1.87. The summed E-state index contributed by atoms with van der Waals surface area (Å²) < 4.78 is 12.1. The molecule has 0 bridgehead atoms. The zero-order valence-corrected chi connectivity index (χ0v) is 18.8. The van der Waals surface area contributed by atoms with Gasteiger partial charge in [0.05, 0.1) is 0 Å². The molecule has 1 saturated heterocycles. The molecule has 2 aromatic rings. The van der Waals surface area contributed by atoms with Gasteiger partial charge in [-0.1, -0.05) is 30.3 Å². The Balaban J connectivity index is 1.07. The zero-order valence-electron chi connectivity index (χ0n) is 18.8. The third kappa shape index (κ3) is 5.07. The van der Waals surface area contributed by atoms with Gasteiger partial charge in [-0.3, -0.25) is 4.79 Å². The number of carbonyl (C=O) groups is 2. The number of nitrogens with one attached hydrogen (secondary N) is 2. The number of ether oxygens (including phenoxy) is 2. The first-order valence-electron chi connectivity index (χ1n) is 12.0. The van der Waals surface area contributed by atoms with Crippen LogP contribution in [0.2, 0.25) is 0 Å².